The highest BCUT2D eigenvalue weighted by molar-refractivity contribution is 5.41. The first-order valence-electron chi connectivity index (χ1n) is 6.29. The maximum Gasteiger partial charge on any atom is 0.147 e. The van der Waals surface area contributed by atoms with Gasteiger partial charge in [0, 0.05) is 25.7 Å². The summed E-state index contributed by atoms with van der Waals surface area (Å²) in [5.41, 5.74) is 0. The topological polar surface area (TPSA) is 53.1 Å². The largest absolute Gasteiger partial charge is 0.369 e. The molecular formula is C12H21N5. The summed E-state index contributed by atoms with van der Waals surface area (Å²) < 4.78 is 0. The number of rotatable bonds is 7. The van der Waals surface area contributed by atoms with E-state index in [1.165, 1.54) is 12.8 Å². The molecule has 17 heavy (non-hydrogen) atoms. The predicted molar refractivity (Wildman–Crippen MR) is 70.3 cm³/mol. The highest BCUT2D eigenvalue weighted by Gasteiger charge is 2.25. The number of hydrogen-bond donors (Lipinski definition) is 2. The van der Waals surface area contributed by atoms with Gasteiger partial charge < -0.3 is 15.5 Å². The molecule has 0 atom stereocenters. The fraction of sp³-hybridized carbons (Fsp3) is 0.667. The number of nitrogens with one attached hydrogen (secondary N) is 2. The van der Waals surface area contributed by atoms with E-state index >= 15 is 0 Å². The van der Waals surface area contributed by atoms with Gasteiger partial charge in [-0.05, 0) is 26.8 Å². The van der Waals surface area contributed by atoms with Crippen molar-refractivity contribution in [1.29, 1.82) is 0 Å². The van der Waals surface area contributed by atoms with Gasteiger partial charge in [0.25, 0.3) is 0 Å². The standard InChI is InChI=1S/C12H21N5/c1-3-14-11-8-13-9-12(16-11)15-6-7-17(2)10-4-5-10/h8-10H,3-7H2,1-2H3,(H2,14,15,16). The molecule has 0 amide bonds. The minimum Gasteiger partial charge on any atom is -0.369 e. The van der Waals surface area contributed by atoms with Crippen LogP contribution in [0.5, 0.6) is 0 Å². The van der Waals surface area contributed by atoms with Crippen LogP contribution in [0.2, 0.25) is 0 Å². The van der Waals surface area contributed by atoms with E-state index in [4.69, 9.17) is 0 Å². The average molecular weight is 235 g/mol. The molecule has 0 unspecified atom stereocenters. The maximum absolute atomic E-state index is 4.42. The van der Waals surface area contributed by atoms with Gasteiger partial charge in [0.05, 0.1) is 12.4 Å². The second-order valence-corrected chi connectivity index (χ2v) is 4.46. The van der Waals surface area contributed by atoms with Crippen LogP contribution in [0.4, 0.5) is 11.6 Å². The maximum atomic E-state index is 4.42. The Morgan fingerprint density at radius 1 is 1.29 bits per heavy atom. The lowest BCUT2D eigenvalue weighted by Gasteiger charge is -2.16. The van der Waals surface area contributed by atoms with Crippen molar-refractivity contribution in [2.75, 3.05) is 37.3 Å². The quantitative estimate of drug-likeness (QED) is 0.748. The molecule has 0 bridgehead atoms. The normalized spacial score (nSPS) is 15.0. The van der Waals surface area contributed by atoms with E-state index in [0.29, 0.717) is 0 Å². The predicted octanol–water partition coefficient (Wildman–Crippen LogP) is 1.41. The van der Waals surface area contributed by atoms with Crippen molar-refractivity contribution in [1.82, 2.24) is 14.9 Å². The lowest BCUT2D eigenvalue weighted by atomic mass is 10.5. The van der Waals surface area contributed by atoms with Gasteiger partial charge in [0.2, 0.25) is 0 Å². The molecule has 1 saturated carbocycles. The molecule has 1 fully saturated rings. The van der Waals surface area contributed by atoms with Gasteiger partial charge in [0.1, 0.15) is 11.6 Å². The van der Waals surface area contributed by atoms with Crippen molar-refractivity contribution >= 4 is 11.6 Å². The summed E-state index contributed by atoms with van der Waals surface area (Å²) in [7, 11) is 2.18. The van der Waals surface area contributed by atoms with E-state index in [2.05, 4.69) is 32.5 Å². The van der Waals surface area contributed by atoms with Crippen molar-refractivity contribution < 1.29 is 0 Å². The molecule has 1 aliphatic rings. The Hall–Kier alpha value is -1.36. The van der Waals surface area contributed by atoms with Crippen LogP contribution < -0.4 is 10.6 Å². The van der Waals surface area contributed by atoms with Gasteiger partial charge >= 0.3 is 0 Å². The SMILES string of the molecule is CCNc1cncc(NCCN(C)C2CC2)n1. The summed E-state index contributed by atoms with van der Waals surface area (Å²) >= 11 is 0. The highest BCUT2D eigenvalue weighted by Crippen LogP contribution is 2.24. The fourth-order valence-electron chi connectivity index (χ4n) is 1.78. The van der Waals surface area contributed by atoms with Crippen molar-refractivity contribution in [2.24, 2.45) is 0 Å². The van der Waals surface area contributed by atoms with Crippen molar-refractivity contribution in [3.8, 4) is 0 Å². The molecule has 1 heterocycles. The monoisotopic (exact) mass is 235 g/mol. The fourth-order valence-corrected chi connectivity index (χ4v) is 1.78. The Morgan fingerprint density at radius 3 is 2.65 bits per heavy atom. The Morgan fingerprint density at radius 2 is 2.00 bits per heavy atom. The Labute approximate surface area is 103 Å². The van der Waals surface area contributed by atoms with Gasteiger partial charge in [-0.15, -0.1) is 0 Å². The number of likely N-dealkylation sites (N-methyl/N-ethyl adjacent to an activating group) is 1. The second kappa shape index (κ2) is 5.82. The number of nitrogens with zero attached hydrogens (tertiary/aromatic N) is 3. The molecule has 0 radical (unpaired) electrons. The van der Waals surface area contributed by atoms with Gasteiger partial charge in [-0.25, -0.2) is 4.98 Å². The van der Waals surface area contributed by atoms with Crippen LogP contribution in [0.3, 0.4) is 0 Å². The third kappa shape index (κ3) is 3.85. The van der Waals surface area contributed by atoms with Crippen LogP contribution in [0.1, 0.15) is 19.8 Å². The first kappa shape index (κ1) is 12.1. The van der Waals surface area contributed by atoms with Crippen LogP contribution in [0.15, 0.2) is 12.4 Å². The lowest BCUT2D eigenvalue weighted by molar-refractivity contribution is 0.337. The highest BCUT2D eigenvalue weighted by atomic mass is 15.2. The molecule has 0 aliphatic heterocycles. The molecule has 1 aromatic heterocycles. The van der Waals surface area contributed by atoms with E-state index < -0.39 is 0 Å². The number of anilines is 2. The van der Waals surface area contributed by atoms with E-state index in [9.17, 15) is 0 Å². The summed E-state index contributed by atoms with van der Waals surface area (Å²) in [6.45, 7) is 4.88. The first-order valence-corrected chi connectivity index (χ1v) is 6.29. The molecule has 5 nitrogen and oxygen atoms in total. The smallest absolute Gasteiger partial charge is 0.147 e. The Bertz CT molecular complexity index is 351. The first-order chi connectivity index (χ1) is 8.29. The molecule has 0 aromatic carbocycles. The van der Waals surface area contributed by atoms with Crippen LogP contribution in [0, 0.1) is 0 Å². The Kier molecular flexibility index (Phi) is 4.14. The van der Waals surface area contributed by atoms with Crippen LogP contribution in [-0.2, 0) is 0 Å². The molecule has 5 heteroatoms. The van der Waals surface area contributed by atoms with Crippen molar-refractivity contribution in [3.05, 3.63) is 12.4 Å². The van der Waals surface area contributed by atoms with Gasteiger partial charge in [-0.1, -0.05) is 0 Å². The number of hydrogen-bond acceptors (Lipinski definition) is 5. The zero-order valence-corrected chi connectivity index (χ0v) is 10.6. The zero-order chi connectivity index (χ0) is 12.1. The summed E-state index contributed by atoms with van der Waals surface area (Å²) in [5, 5.41) is 6.45. The summed E-state index contributed by atoms with van der Waals surface area (Å²) in [4.78, 5) is 11.0. The lowest BCUT2D eigenvalue weighted by Crippen LogP contribution is -2.27. The molecule has 0 saturated heterocycles. The third-order valence-corrected chi connectivity index (χ3v) is 2.93. The molecule has 1 aliphatic carbocycles. The van der Waals surface area contributed by atoms with Gasteiger partial charge in [-0.3, -0.25) is 4.98 Å². The summed E-state index contributed by atoms with van der Waals surface area (Å²) in [6, 6.07) is 0.816. The van der Waals surface area contributed by atoms with Crippen LogP contribution in [-0.4, -0.2) is 47.6 Å². The molecular weight excluding hydrogens is 214 g/mol. The minimum atomic E-state index is 0.816. The van der Waals surface area contributed by atoms with E-state index in [1.807, 2.05) is 6.92 Å². The average Bonchev–Trinajstić information content (AvgIpc) is 3.14. The van der Waals surface area contributed by atoms with Gasteiger partial charge in [-0.2, -0.15) is 0 Å². The number of aromatic nitrogens is 2. The van der Waals surface area contributed by atoms with Crippen LogP contribution >= 0.6 is 0 Å². The molecule has 1 aromatic rings. The summed E-state index contributed by atoms with van der Waals surface area (Å²) in [6.07, 6.45) is 6.21. The van der Waals surface area contributed by atoms with E-state index in [0.717, 1.165) is 37.3 Å². The zero-order valence-electron chi connectivity index (χ0n) is 10.6. The van der Waals surface area contributed by atoms with Gasteiger partial charge in [0.15, 0.2) is 0 Å². The van der Waals surface area contributed by atoms with Crippen LogP contribution in [0.25, 0.3) is 0 Å². The second-order valence-electron chi connectivity index (χ2n) is 4.46. The van der Waals surface area contributed by atoms with E-state index in [1.54, 1.807) is 12.4 Å². The van der Waals surface area contributed by atoms with Crippen molar-refractivity contribution in [2.45, 2.75) is 25.8 Å². The molecule has 2 rings (SSSR count). The minimum absolute atomic E-state index is 0.816. The molecule has 94 valence electrons. The van der Waals surface area contributed by atoms with E-state index in [-0.39, 0.29) is 0 Å². The third-order valence-electron chi connectivity index (χ3n) is 2.93. The van der Waals surface area contributed by atoms with Crippen molar-refractivity contribution in [3.63, 3.8) is 0 Å². The molecule has 2 N–H and O–H groups in total. The Balaban J connectivity index is 1.75. The molecule has 0 spiro atoms. The summed E-state index contributed by atoms with van der Waals surface area (Å²) in [5.74, 6) is 1.67.